The zero-order valence-electron chi connectivity index (χ0n) is 7.30. The maximum absolute atomic E-state index is 10.9. The molecule has 0 unspecified atom stereocenters. The molecule has 2 N–H and O–H groups in total. The normalized spacial score (nSPS) is 10.1. The minimum absolute atomic E-state index is 0.0431. The molecule has 14 heavy (non-hydrogen) atoms. The van der Waals surface area contributed by atoms with Crippen LogP contribution in [0.5, 0.6) is 0 Å². The lowest BCUT2D eigenvalue weighted by Gasteiger charge is -2.05. The zero-order valence-corrected chi connectivity index (χ0v) is 8.11. The van der Waals surface area contributed by atoms with E-state index < -0.39 is 16.3 Å². The van der Waals surface area contributed by atoms with Crippen LogP contribution in [0.4, 0.5) is 4.79 Å². The lowest BCUT2D eigenvalue weighted by Crippen LogP contribution is -2.41. The summed E-state index contributed by atoms with van der Waals surface area (Å²) >= 11 is 0. The number of methoxy groups -OCH3 is 1. The lowest BCUT2D eigenvalue weighted by atomic mass is 10.7. The van der Waals surface area contributed by atoms with E-state index in [4.69, 9.17) is 5.53 Å². The molecule has 0 spiro atoms. The van der Waals surface area contributed by atoms with Crippen molar-refractivity contribution in [3.05, 3.63) is 10.4 Å². The number of hydrogen-bond acceptors (Lipinski definition) is 5. The number of nitrogens with one attached hydrogen (secondary N) is 2. The summed E-state index contributed by atoms with van der Waals surface area (Å²) in [4.78, 5) is 12.9. The lowest BCUT2D eigenvalue weighted by molar-refractivity contribution is 0.177. The monoisotopic (exact) mass is 223 g/mol. The number of rotatable bonds is 5. The van der Waals surface area contributed by atoms with Crippen molar-refractivity contribution in [1.29, 1.82) is 0 Å². The summed E-state index contributed by atoms with van der Waals surface area (Å²) in [5.41, 5.74) is 7.87. The van der Waals surface area contributed by atoms with Crippen LogP contribution in [-0.4, -0.2) is 34.7 Å². The van der Waals surface area contributed by atoms with Gasteiger partial charge in [0.05, 0.1) is 7.11 Å². The Kier molecular flexibility index (Phi) is 5.37. The Morgan fingerprint density at radius 3 is 2.79 bits per heavy atom. The van der Waals surface area contributed by atoms with E-state index in [0.717, 1.165) is 7.11 Å². The topological polar surface area (TPSA) is 133 Å². The van der Waals surface area contributed by atoms with Crippen molar-refractivity contribution in [2.45, 2.75) is 0 Å². The molecule has 0 atom stereocenters. The van der Waals surface area contributed by atoms with Crippen molar-refractivity contribution in [2.75, 3.05) is 20.2 Å². The van der Waals surface area contributed by atoms with E-state index in [1.54, 1.807) is 4.72 Å². The first kappa shape index (κ1) is 12.5. The average Bonchev–Trinajstić information content (AvgIpc) is 2.12. The van der Waals surface area contributed by atoms with Gasteiger partial charge in [-0.3, -0.25) is 0 Å². The number of amides is 1. The van der Waals surface area contributed by atoms with E-state index in [1.165, 1.54) is 0 Å². The van der Waals surface area contributed by atoms with Crippen LogP contribution >= 0.6 is 0 Å². The second-order valence-electron chi connectivity index (χ2n) is 1.95. The van der Waals surface area contributed by atoms with Gasteiger partial charge in [0.2, 0.25) is 0 Å². The van der Waals surface area contributed by atoms with Gasteiger partial charge in [-0.05, 0) is 5.53 Å². The number of nitrogens with zero attached hydrogens (tertiary/aromatic N) is 3. The Bertz CT molecular complexity index is 332. The van der Waals surface area contributed by atoms with Crippen LogP contribution < -0.4 is 9.44 Å². The maximum atomic E-state index is 10.9. The van der Waals surface area contributed by atoms with Gasteiger partial charge < -0.3 is 4.74 Å². The van der Waals surface area contributed by atoms with Crippen molar-refractivity contribution in [1.82, 2.24) is 9.44 Å². The molecule has 0 aliphatic carbocycles. The van der Waals surface area contributed by atoms with Gasteiger partial charge in [0.1, 0.15) is 0 Å². The third-order valence-corrected chi connectivity index (χ3v) is 1.99. The highest BCUT2D eigenvalue weighted by molar-refractivity contribution is 7.88. The summed E-state index contributed by atoms with van der Waals surface area (Å²) in [5, 5.41) is 3.08. The van der Waals surface area contributed by atoms with Crippen molar-refractivity contribution in [3.8, 4) is 0 Å². The third-order valence-electron chi connectivity index (χ3n) is 0.970. The smallest absolute Gasteiger partial charge is 0.421 e. The van der Waals surface area contributed by atoms with Gasteiger partial charge in [-0.1, -0.05) is 5.11 Å². The van der Waals surface area contributed by atoms with Gasteiger partial charge in [0, 0.05) is 18.0 Å². The summed E-state index contributed by atoms with van der Waals surface area (Å²) in [6.45, 7) is -0.144. The molecular weight excluding hydrogens is 214 g/mol. The largest absolute Gasteiger partial charge is 0.452 e. The summed E-state index contributed by atoms with van der Waals surface area (Å²) in [7, 11) is -2.90. The van der Waals surface area contributed by atoms with E-state index in [9.17, 15) is 13.2 Å². The van der Waals surface area contributed by atoms with Crippen molar-refractivity contribution in [3.63, 3.8) is 0 Å². The number of carbonyl (C=O) groups is 1. The predicted molar refractivity (Wildman–Crippen MR) is 46.5 cm³/mol. The fourth-order valence-electron chi connectivity index (χ4n) is 0.462. The Labute approximate surface area is 80.2 Å². The Morgan fingerprint density at radius 2 is 2.29 bits per heavy atom. The number of ether oxygens (including phenoxy) is 1. The molecule has 0 radical (unpaired) electrons. The molecule has 0 aliphatic rings. The number of carbonyl (C=O) groups excluding carboxylic acids is 1. The van der Waals surface area contributed by atoms with Gasteiger partial charge in [-0.15, -0.1) is 0 Å². The number of azide groups is 1. The first-order chi connectivity index (χ1) is 6.52. The van der Waals surface area contributed by atoms with Crippen LogP contribution in [-0.2, 0) is 14.9 Å². The first-order valence-corrected chi connectivity index (χ1v) is 4.86. The molecule has 0 aliphatic heterocycles. The molecule has 0 aromatic rings. The van der Waals surface area contributed by atoms with E-state index in [0.29, 0.717) is 0 Å². The summed E-state index contributed by atoms with van der Waals surface area (Å²) < 4.78 is 29.4. The molecule has 1 amide bonds. The number of hydrogen-bond donors (Lipinski definition) is 2. The Morgan fingerprint density at radius 1 is 1.64 bits per heavy atom. The van der Waals surface area contributed by atoms with E-state index >= 15 is 0 Å². The third kappa shape index (κ3) is 6.06. The molecule has 0 fully saturated rings. The predicted octanol–water partition coefficient (Wildman–Crippen LogP) is -0.513. The standard InChI is InChI=1S/C4H9N5O4S/c1-13-4(10)8-14(11,12)7-3-2-6-9-5/h7H,2-3H2,1H3,(H,8,10). The van der Waals surface area contributed by atoms with Crippen molar-refractivity contribution >= 4 is 16.3 Å². The Balaban J connectivity index is 3.96. The quantitative estimate of drug-likeness (QED) is 0.281. The highest BCUT2D eigenvalue weighted by Gasteiger charge is 2.12. The van der Waals surface area contributed by atoms with Crippen LogP contribution in [0, 0.1) is 0 Å². The second-order valence-corrected chi connectivity index (χ2v) is 3.45. The van der Waals surface area contributed by atoms with E-state index in [-0.39, 0.29) is 13.1 Å². The summed E-state index contributed by atoms with van der Waals surface area (Å²) in [5.74, 6) is 0. The van der Waals surface area contributed by atoms with E-state index in [1.807, 2.05) is 4.72 Å². The van der Waals surface area contributed by atoms with Gasteiger partial charge in [0.25, 0.3) is 0 Å². The van der Waals surface area contributed by atoms with Gasteiger partial charge in [0.15, 0.2) is 0 Å². The van der Waals surface area contributed by atoms with Crippen molar-refractivity contribution < 1.29 is 17.9 Å². The molecular formula is C4H9N5O4S. The first-order valence-electron chi connectivity index (χ1n) is 3.38. The molecule has 0 aromatic heterocycles. The van der Waals surface area contributed by atoms with E-state index in [2.05, 4.69) is 14.8 Å². The molecule has 0 saturated carbocycles. The van der Waals surface area contributed by atoms with Gasteiger partial charge in [-0.2, -0.15) is 13.1 Å². The maximum Gasteiger partial charge on any atom is 0.421 e. The van der Waals surface area contributed by atoms with Crippen LogP contribution in [0.1, 0.15) is 0 Å². The molecule has 0 heterocycles. The fraction of sp³-hybridized carbons (Fsp3) is 0.750. The fourth-order valence-corrected chi connectivity index (χ4v) is 1.20. The molecule has 0 aromatic carbocycles. The van der Waals surface area contributed by atoms with Crippen LogP contribution in [0.2, 0.25) is 0 Å². The van der Waals surface area contributed by atoms with Gasteiger partial charge in [-0.25, -0.2) is 9.52 Å². The average molecular weight is 223 g/mol. The minimum atomic E-state index is -3.93. The second kappa shape index (κ2) is 6.02. The van der Waals surface area contributed by atoms with Crippen LogP contribution in [0.25, 0.3) is 10.4 Å². The molecule has 80 valence electrons. The molecule has 0 rings (SSSR count). The highest BCUT2D eigenvalue weighted by Crippen LogP contribution is 1.80. The summed E-state index contributed by atoms with van der Waals surface area (Å²) in [6.07, 6.45) is -1.10. The molecule has 0 bridgehead atoms. The Hall–Kier alpha value is -1.51. The molecule has 0 saturated heterocycles. The van der Waals surface area contributed by atoms with Gasteiger partial charge >= 0.3 is 16.3 Å². The SMILES string of the molecule is COC(=O)NS(=O)(=O)NCCN=[N+]=[N-]. The highest BCUT2D eigenvalue weighted by atomic mass is 32.2. The van der Waals surface area contributed by atoms with Crippen molar-refractivity contribution in [2.24, 2.45) is 5.11 Å². The molecule has 10 heteroatoms. The van der Waals surface area contributed by atoms with Crippen LogP contribution in [0.15, 0.2) is 5.11 Å². The summed E-state index contributed by atoms with van der Waals surface area (Å²) in [6, 6.07) is 0. The zero-order chi connectivity index (χ0) is 11.0. The minimum Gasteiger partial charge on any atom is -0.452 e. The van der Waals surface area contributed by atoms with Crippen LogP contribution in [0.3, 0.4) is 0 Å². The molecule has 9 nitrogen and oxygen atoms in total.